The van der Waals surface area contributed by atoms with Crippen LogP contribution in [-0.2, 0) is 11.3 Å². The fourth-order valence-corrected chi connectivity index (χ4v) is 3.40. The molecule has 2 aromatic carbocycles. The van der Waals surface area contributed by atoms with Crippen LogP contribution in [-0.4, -0.2) is 39.2 Å². The highest BCUT2D eigenvalue weighted by atomic mass is 32.1. The van der Waals surface area contributed by atoms with Gasteiger partial charge in [0, 0.05) is 25.6 Å². The molecule has 1 unspecified atom stereocenters. The number of benzene rings is 2. The van der Waals surface area contributed by atoms with Crippen LogP contribution in [0.15, 0.2) is 48.5 Å². The lowest BCUT2D eigenvalue weighted by Gasteiger charge is -2.25. The summed E-state index contributed by atoms with van der Waals surface area (Å²) in [6.07, 6.45) is 0.264. The lowest BCUT2D eigenvalue weighted by atomic mass is 10.1. The average Bonchev–Trinajstić information content (AvgIpc) is 3.12. The van der Waals surface area contributed by atoms with E-state index in [2.05, 4.69) is 10.2 Å². The number of hydrogen-bond donors (Lipinski definition) is 1. The number of aromatic nitrogens is 3. The molecule has 0 aliphatic heterocycles. The monoisotopic (exact) mass is 428 g/mol. The molecular formula is C22H25FN4O2S. The molecule has 3 aromatic rings. The zero-order valence-corrected chi connectivity index (χ0v) is 18.1. The highest BCUT2D eigenvalue weighted by Gasteiger charge is 2.18. The Kier molecular flexibility index (Phi) is 6.99. The van der Waals surface area contributed by atoms with Crippen molar-refractivity contribution in [1.82, 2.24) is 19.7 Å². The Morgan fingerprint density at radius 3 is 2.53 bits per heavy atom. The lowest BCUT2D eigenvalue weighted by Crippen LogP contribution is -2.30. The molecule has 6 nitrogen and oxygen atoms in total. The second-order valence-electron chi connectivity index (χ2n) is 6.94. The first-order chi connectivity index (χ1) is 14.4. The number of carbonyl (C=O) groups excluding carboxylic acids is 1. The molecule has 8 heteroatoms. The van der Waals surface area contributed by atoms with Gasteiger partial charge in [-0.15, -0.1) is 0 Å². The van der Waals surface area contributed by atoms with Crippen LogP contribution < -0.4 is 4.74 Å². The summed E-state index contributed by atoms with van der Waals surface area (Å²) in [5, 5.41) is 7.13. The first-order valence-electron chi connectivity index (χ1n) is 9.80. The van der Waals surface area contributed by atoms with Crippen LogP contribution in [0.3, 0.4) is 0 Å². The van der Waals surface area contributed by atoms with E-state index in [1.807, 2.05) is 42.7 Å². The van der Waals surface area contributed by atoms with Gasteiger partial charge in [0.05, 0.1) is 12.6 Å². The number of nitrogens with one attached hydrogen (secondary N) is 1. The molecule has 0 fully saturated rings. The highest BCUT2D eigenvalue weighted by molar-refractivity contribution is 7.71. The summed E-state index contributed by atoms with van der Waals surface area (Å²) in [4.78, 5) is 14.4. The van der Waals surface area contributed by atoms with E-state index in [0.29, 0.717) is 23.7 Å². The molecule has 0 radical (unpaired) electrons. The predicted octanol–water partition coefficient (Wildman–Crippen LogP) is 4.76. The van der Waals surface area contributed by atoms with E-state index in [9.17, 15) is 9.18 Å². The average molecular weight is 429 g/mol. The molecule has 0 spiro atoms. The van der Waals surface area contributed by atoms with Gasteiger partial charge in [-0.2, -0.15) is 5.10 Å². The third-order valence-electron chi connectivity index (χ3n) is 5.06. The summed E-state index contributed by atoms with van der Waals surface area (Å²) in [6.45, 7) is 4.85. The van der Waals surface area contributed by atoms with Gasteiger partial charge in [-0.3, -0.25) is 14.5 Å². The van der Waals surface area contributed by atoms with E-state index < -0.39 is 0 Å². The zero-order chi connectivity index (χ0) is 21.7. The van der Waals surface area contributed by atoms with Crippen LogP contribution in [0.5, 0.6) is 5.75 Å². The fourth-order valence-electron chi connectivity index (χ4n) is 3.18. The molecule has 0 aliphatic carbocycles. The number of ether oxygens (including phenoxy) is 1. The standard InChI is InChI=1S/C22H25FN4O2S/c1-4-29-19-11-7-17(8-12-19)21-24-25-22(30)27(21)14-13-20(28)26(3)15(2)16-5-9-18(23)10-6-16/h5-12,15H,4,13-14H2,1-3H3,(H,25,30). The lowest BCUT2D eigenvalue weighted by molar-refractivity contribution is -0.132. The van der Waals surface area contributed by atoms with Crippen LogP contribution in [0, 0.1) is 10.6 Å². The molecule has 0 saturated carbocycles. The Labute approximate surface area is 180 Å². The Morgan fingerprint density at radius 2 is 1.90 bits per heavy atom. The van der Waals surface area contributed by atoms with Gasteiger partial charge in [0.2, 0.25) is 5.91 Å². The number of carbonyl (C=O) groups is 1. The number of halogens is 1. The number of nitrogens with zero attached hydrogens (tertiary/aromatic N) is 3. The van der Waals surface area contributed by atoms with Gasteiger partial charge in [0.15, 0.2) is 10.6 Å². The molecule has 3 rings (SSSR count). The van der Waals surface area contributed by atoms with Crippen molar-refractivity contribution in [1.29, 1.82) is 0 Å². The SMILES string of the molecule is CCOc1ccc(-c2n[nH]c(=S)n2CCC(=O)N(C)C(C)c2ccc(F)cc2)cc1. The minimum Gasteiger partial charge on any atom is -0.494 e. The van der Waals surface area contributed by atoms with Crippen molar-refractivity contribution >= 4 is 18.1 Å². The van der Waals surface area contributed by atoms with Crippen molar-refractivity contribution in [2.75, 3.05) is 13.7 Å². The van der Waals surface area contributed by atoms with Gasteiger partial charge in [0.25, 0.3) is 0 Å². The van der Waals surface area contributed by atoms with Gasteiger partial charge < -0.3 is 9.64 Å². The first-order valence-corrected chi connectivity index (χ1v) is 10.2. The fraction of sp³-hybridized carbons (Fsp3) is 0.318. The van der Waals surface area contributed by atoms with Crippen molar-refractivity contribution in [2.24, 2.45) is 0 Å². The zero-order valence-electron chi connectivity index (χ0n) is 17.3. The van der Waals surface area contributed by atoms with Crippen LogP contribution >= 0.6 is 12.2 Å². The van der Waals surface area contributed by atoms with E-state index in [-0.39, 0.29) is 24.2 Å². The van der Waals surface area contributed by atoms with Crippen molar-refractivity contribution in [3.63, 3.8) is 0 Å². The summed E-state index contributed by atoms with van der Waals surface area (Å²) in [7, 11) is 1.75. The van der Waals surface area contributed by atoms with E-state index in [1.54, 1.807) is 24.1 Å². The van der Waals surface area contributed by atoms with Gasteiger partial charge in [0.1, 0.15) is 11.6 Å². The van der Waals surface area contributed by atoms with Crippen molar-refractivity contribution in [3.8, 4) is 17.1 Å². The molecule has 30 heavy (non-hydrogen) atoms. The first kappa shape index (κ1) is 21.7. The van der Waals surface area contributed by atoms with Crippen LogP contribution in [0.2, 0.25) is 0 Å². The van der Waals surface area contributed by atoms with E-state index in [1.165, 1.54) is 12.1 Å². The van der Waals surface area contributed by atoms with E-state index in [4.69, 9.17) is 17.0 Å². The predicted molar refractivity (Wildman–Crippen MR) is 116 cm³/mol. The molecule has 0 bridgehead atoms. The topological polar surface area (TPSA) is 63.1 Å². The molecule has 1 heterocycles. The number of amides is 1. The molecule has 1 atom stereocenters. The molecule has 0 saturated heterocycles. The molecule has 0 aliphatic rings. The van der Waals surface area contributed by atoms with Crippen molar-refractivity contribution in [3.05, 3.63) is 64.7 Å². The highest BCUT2D eigenvalue weighted by Crippen LogP contribution is 2.23. The van der Waals surface area contributed by atoms with Crippen LogP contribution in [0.1, 0.15) is 31.9 Å². The number of hydrogen-bond acceptors (Lipinski definition) is 4. The summed E-state index contributed by atoms with van der Waals surface area (Å²) in [5.74, 6) is 1.13. The second-order valence-corrected chi connectivity index (χ2v) is 7.33. The maximum atomic E-state index is 13.2. The summed E-state index contributed by atoms with van der Waals surface area (Å²) < 4.78 is 20.9. The van der Waals surface area contributed by atoms with Crippen molar-refractivity contribution in [2.45, 2.75) is 32.9 Å². The van der Waals surface area contributed by atoms with Crippen molar-refractivity contribution < 1.29 is 13.9 Å². The molecular weight excluding hydrogens is 403 g/mol. The second kappa shape index (κ2) is 9.67. The largest absolute Gasteiger partial charge is 0.494 e. The third kappa shape index (κ3) is 4.94. The van der Waals surface area contributed by atoms with Gasteiger partial charge in [-0.05, 0) is 68.0 Å². The Morgan fingerprint density at radius 1 is 1.23 bits per heavy atom. The normalized spacial score (nSPS) is 11.9. The Bertz CT molecular complexity index is 1040. The number of H-pyrrole nitrogens is 1. The molecule has 1 aromatic heterocycles. The van der Waals surface area contributed by atoms with Gasteiger partial charge in [-0.1, -0.05) is 12.1 Å². The minimum atomic E-state index is -0.295. The van der Waals surface area contributed by atoms with Gasteiger partial charge in [-0.25, -0.2) is 4.39 Å². The summed E-state index contributed by atoms with van der Waals surface area (Å²) >= 11 is 5.36. The molecule has 1 amide bonds. The maximum absolute atomic E-state index is 13.2. The number of rotatable bonds is 8. The Balaban J connectivity index is 1.69. The quantitative estimate of drug-likeness (QED) is 0.526. The smallest absolute Gasteiger partial charge is 0.224 e. The molecule has 1 N–H and O–H groups in total. The van der Waals surface area contributed by atoms with Crippen LogP contribution in [0.25, 0.3) is 11.4 Å². The molecule has 158 valence electrons. The summed E-state index contributed by atoms with van der Waals surface area (Å²) in [5.41, 5.74) is 1.76. The summed E-state index contributed by atoms with van der Waals surface area (Å²) in [6, 6.07) is 13.6. The Hall–Kier alpha value is -3.00. The van der Waals surface area contributed by atoms with Crippen LogP contribution in [0.4, 0.5) is 4.39 Å². The minimum absolute atomic E-state index is 0.0347. The number of aromatic amines is 1. The van der Waals surface area contributed by atoms with Gasteiger partial charge >= 0.3 is 0 Å². The van der Waals surface area contributed by atoms with E-state index in [0.717, 1.165) is 16.9 Å². The van der Waals surface area contributed by atoms with E-state index >= 15 is 0 Å². The third-order valence-corrected chi connectivity index (χ3v) is 5.37. The maximum Gasteiger partial charge on any atom is 0.224 e.